The van der Waals surface area contributed by atoms with Crippen LogP contribution in [0, 0.1) is 5.92 Å². The zero-order valence-electron chi connectivity index (χ0n) is 15.4. The Morgan fingerprint density at radius 3 is 2.57 bits per heavy atom. The average Bonchev–Trinajstić information content (AvgIpc) is 3.15. The van der Waals surface area contributed by atoms with Crippen LogP contribution in [-0.4, -0.2) is 28.3 Å². The van der Waals surface area contributed by atoms with Crippen molar-refractivity contribution in [2.75, 3.05) is 11.9 Å². The molecular formula is C21H18N4O3. The molecule has 2 aliphatic rings. The van der Waals surface area contributed by atoms with Crippen LogP contribution in [0.15, 0.2) is 58.4 Å². The number of rotatable bonds is 1. The van der Waals surface area contributed by atoms with Gasteiger partial charge in [-0.1, -0.05) is 30.3 Å². The van der Waals surface area contributed by atoms with E-state index >= 15 is 0 Å². The second-order valence-electron chi connectivity index (χ2n) is 7.14. The molecule has 2 N–H and O–H groups in total. The molecule has 7 heteroatoms. The topological polar surface area (TPSA) is 86.9 Å². The number of anilines is 1. The van der Waals surface area contributed by atoms with E-state index in [1.165, 1.54) is 4.57 Å². The van der Waals surface area contributed by atoms with Crippen LogP contribution in [0.25, 0.3) is 10.9 Å². The molecule has 0 spiro atoms. The first kappa shape index (κ1) is 16.6. The number of para-hydroxylation sites is 2. The van der Waals surface area contributed by atoms with Gasteiger partial charge < -0.3 is 20.0 Å². The number of nitrogens with zero attached hydrogens (tertiary/aromatic N) is 3. The van der Waals surface area contributed by atoms with Gasteiger partial charge in [0.2, 0.25) is 5.91 Å². The van der Waals surface area contributed by atoms with Crippen molar-refractivity contribution < 1.29 is 9.90 Å². The maximum Gasteiger partial charge on any atom is 0.259 e. The number of aromatic nitrogens is 1. The zero-order chi connectivity index (χ0) is 19.6. The minimum Gasteiger partial charge on any atom is -0.507 e. The molecule has 2 aromatic carbocycles. The fourth-order valence-electron chi connectivity index (χ4n) is 4.25. The van der Waals surface area contributed by atoms with Crippen molar-refractivity contribution in [2.45, 2.75) is 6.04 Å². The normalized spacial score (nSPS) is 20.6. The fraction of sp³-hybridized carbons (Fsp3) is 0.190. The number of amides is 1. The highest BCUT2D eigenvalue weighted by Crippen LogP contribution is 2.41. The first-order valence-electron chi connectivity index (χ1n) is 9.01. The number of aromatic hydroxyl groups is 1. The molecule has 0 unspecified atom stereocenters. The molecule has 0 fully saturated rings. The largest absolute Gasteiger partial charge is 0.507 e. The van der Waals surface area contributed by atoms with Crippen LogP contribution in [0.2, 0.25) is 0 Å². The van der Waals surface area contributed by atoms with Gasteiger partial charge in [-0.15, -0.1) is 0 Å². The van der Waals surface area contributed by atoms with Crippen molar-refractivity contribution in [3.8, 4) is 5.75 Å². The van der Waals surface area contributed by atoms with E-state index in [0.717, 1.165) is 11.3 Å². The van der Waals surface area contributed by atoms with Crippen molar-refractivity contribution >= 4 is 28.2 Å². The lowest BCUT2D eigenvalue weighted by molar-refractivity contribution is -0.120. The highest BCUT2D eigenvalue weighted by atomic mass is 16.3. The van der Waals surface area contributed by atoms with Crippen molar-refractivity contribution in [3.05, 3.63) is 70.0 Å². The van der Waals surface area contributed by atoms with Gasteiger partial charge >= 0.3 is 0 Å². The molecule has 0 radical (unpaired) electrons. The summed E-state index contributed by atoms with van der Waals surface area (Å²) in [6.07, 6.45) is 0. The minimum absolute atomic E-state index is 0.109. The maximum absolute atomic E-state index is 13.1. The summed E-state index contributed by atoms with van der Waals surface area (Å²) in [5.74, 6) is -0.955. The number of hydrogen-bond donors (Lipinski definition) is 2. The van der Waals surface area contributed by atoms with Gasteiger partial charge in [0, 0.05) is 25.0 Å². The van der Waals surface area contributed by atoms with Crippen molar-refractivity contribution in [2.24, 2.45) is 18.1 Å². The molecule has 2 atom stereocenters. The summed E-state index contributed by atoms with van der Waals surface area (Å²) in [6.45, 7) is 0. The zero-order valence-corrected chi connectivity index (χ0v) is 15.4. The quantitative estimate of drug-likeness (QED) is 0.681. The van der Waals surface area contributed by atoms with Crippen LogP contribution in [0.3, 0.4) is 0 Å². The Hall–Kier alpha value is -3.61. The van der Waals surface area contributed by atoms with Crippen LogP contribution < -0.4 is 15.9 Å². The van der Waals surface area contributed by atoms with Crippen LogP contribution in [0.5, 0.6) is 5.75 Å². The lowest BCUT2D eigenvalue weighted by Crippen LogP contribution is -2.45. The van der Waals surface area contributed by atoms with Gasteiger partial charge in [0.25, 0.3) is 5.56 Å². The Labute approximate surface area is 160 Å². The summed E-state index contributed by atoms with van der Waals surface area (Å²) in [5.41, 5.74) is 5.61. The monoisotopic (exact) mass is 374 g/mol. The van der Waals surface area contributed by atoms with Gasteiger partial charge in [0.05, 0.1) is 28.5 Å². The lowest BCUT2D eigenvalue weighted by Gasteiger charge is -2.32. The number of hydrazone groups is 1. The van der Waals surface area contributed by atoms with Gasteiger partial charge in [-0.25, -0.2) is 0 Å². The predicted octanol–water partition coefficient (Wildman–Crippen LogP) is 1.89. The van der Waals surface area contributed by atoms with E-state index in [4.69, 9.17) is 0 Å². The molecule has 1 aromatic heterocycles. The highest BCUT2D eigenvalue weighted by Gasteiger charge is 2.47. The van der Waals surface area contributed by atoms with E-state index in [0.29, 0.717) is 16.6 Å². The van der Waals surface area contributed by atoms with E-state index in [2.05, 4.69) is 10.5 Å². The number of aryl methyl sites for hydroxylation is 1. The Morgan fingerprint density at radius 2 is 1.75 bits per heavy atom. The Balaban J connectivity index is 1.72. The van der Waals surface area contributed by atoms with E-state index in [1.54, 1.807) is 37.2 Å². The van der Waals surface area contributed by atoms with Gasteiger partial charge in [-0.3, -0.25) is 9.59 Å². The molecule has 2 aliphatic heterocycles. The second kappa shape index (κ2) is 5.69. The Morgan fingerprint density at radius 1 is 1.04 bits per heavy atom. The number of carbonyl (C=O) groups excluding carboxylic acids is 1. The van der Waals surface area contributed by atoms with Crippen molar-refractivity contribution in [1.82, 2.24) is 9.99 Å². The molecule has 140 valence electrons. The second-order valence-corrected chi connectivity index (χ2v) is 7.14. The van der Waals surface area contributed by atoms with Gasteiger partial charge in [-0.2, -0.15) is 5.10 Å². The number of pyridine rings is 1. The number of hydrogen-bond acceptors (Lipinski definition) is 5. The molecule has 3 heterocycles. The molecule has 1 amide bonds. The number of nitrogens with one attached hydrogen (secondary N) is 1. The van der Waals surface area contributed by atoms with Crippen LogP contribution in [-0.2, 0) is 11.8 Å². The first-order valence-corrected chi connectivity index (χ1v) is 9.01. The highest BCUT2D eigenvalue weighted by molar-refractivity contribution is 6.24. The van der Waals surface area contributed by atoms with Gasteiger partial charge in [0.15, 0.2) is 0 Å². The summed E-state index contributed by atoms with van der Waals surface area (Å²) in [7, 11) is 3.38. The van der Waals surface area contributed by atoms with E-state index in [-0.39, 0.29) is 22.8 Å². The average molecular weight is 374 g/mol. The maximum atomic E-state index is 13.1. The summed E-state index contributed by atoms with van der Waals surface area (Å²) in [4.78, 5) is 27.8. The molecule has 0 aliphatic carbocycles. The molecule has 0 saturated heterocycles. The third-order valence-corrected chi connectivity index (χ3v) is 5.71. The molecule has 28 heavy (non-hydrogen) atoms. The third-order valence-electron chi connectivity index (χ3n) is 5.71. The fourth-order valence-corrected chi connectivity index (χ4v) is 4.25. The minimum atomic E-state index is -0.735. The molecule has 7 nitrogen and oxygen atoms in total. The van der Waals surface area contributed by atoms with E-state index in [1.807, 2.05) is 30.3 Å². The summed E-state index contributed by atoms with van der Waals surface area (Å²) < 4.78 is 1.50. The summed E-state index contributed by atoms with van der Waals surface area (Å²) in [6, 6.07) is 14.0. The van der Waals surface area contributed by atoms with Gasteiger partial charge in [-0.05, 0) is 18.2 Å². The third kappa shape index (κ3) is 2.01. The SMILES string of the molecule is CN1C(=O)[C@H]2C(=NN[C@@H]2c2c(O)c3ccccc3n(C)c2=O)c2ccccc21. The standard InChI is InChI=1S/C21H18N4O3/c1-24-13-9-5-3-7-11(13)17-15(20(24)27)18(23-22-17)16-19(26)12-8-4-6-10-14(12)25(2)21(16)28/h3-10,15,18,23,26H,1-2H3/t15-,18-/m0/s1. The summed E-state index contributed by atoms with van der Waals surface area (Å²) >= 11 is 0. The first-order chi connectivity index (χ1) is 13.5. The molecule has 0 saturated carbocycles. The van der Waals surface area contributed by atoms with Crippen LogP contribution in [0.1, 0.15) is 17.2 Å². The summed E-state index contributed by atoms with van der Waals surface area (Å²) in [5, 5.41) is 15.9. The Kier molecular flexibility index (Phi) is 3.37. The number of carbonyl (C=O) groups is 1. The number of fused-ring (bicyclic) bond motifs is 4. The molecule has 0 bridgehead atoms. The van der Waals surface area contributed by atoms with E-state index in [9.17, 15) is 14.7 Å². The van der Waals surface area contributed by atoms with Crippen LogP contribution >= 0.6 is 0 Å². The molecule has 5 rings (SSSR count). The van der Waals surface area contributed by atoms with Gasteiger partial charge in [0.1, 0.15) is 11.7 Å². The lowest BCUT2D eigenvalue weighted by atomic mass is 9.83. The van der Waals surface area contributed by atoms with Crippen molar-refractivity contribution in [1.29, 1.82) is 0 Å². The Bertz CT molecular complexity index is 1240. The van der Waals surface area contributed by atoms with E-state index < -0.39 is 12.0 Å². The molecular weight excluding hydrogens is 356 g/mol. The van der Waals surface area contributed by atoms with Crippen molar-refractivity contribution in [3.63, 3.8) is 0 Å². The van der Waals surface area contributed by atoms with Crippen LogP contribution in [0.4, 0.5) is 5.69 Å². The molecule has 3 aromatic rings. The smallest absolute Gasteiger partial charge is 0.259 e. The number of benzene rings is 2. The predicted molar refractivity (Wildman–Crippen MR) is 107 cm³/mol.